The average Bonchev–Trinajstić information content (AvgIpc) is 2.34. The molecule has 1 aliphatic rings. The minimum absolute atomic E-state index is 0.167. The highest BCUT2D eigenvalue weighted by Crippen LogP contribution is 2.49. The second-order valence-electron chi connectivity index (χ2n) is 3.46. The standard InChI is InChI=1S/C12H5FI2O2/c13-10-6(14)5-7(15)11-12(10)17-9-4-2-1-3-8(9)16-11/h1-5H. The maximum Gasteiger partial charge on any atom is 0.207 e. The summed E-state index contributed by atoms with van der Waals surface area (Å²) in [6, 6.07) is 8.95. The van der Waals surface area contributed by atoms with Gasteiger partial charge in [0.1, 0.15) is 0 Å². The number of hydrogen-bond donors (Lipinski definition) is 0. The number of halogens is 3. The highest BCUT2D eigenvalue weighted by molar-refractivity contribution is 14.1. The molecule has 0 atom stereocenters. The Bertz CT molecular complexity index is 614. The van der Waals surface area contributed by atoms with Crippen LogP contribution < -0.4 is 9.47 Å². The molecule has 0 radical (unpaired) electrons. The first kappa shape index (κ1) is 11.5. The van der Waals surface area contributed by atoms with Gasteiger partial charge in [-0.2, -0.15) is 0 Å². The molecule has 17 heavy (non-hydrogen) atoms. The lowest BCUT2D eigenvalue weighted by Crippen LogP contribution is -2.03. The number of hydrogen-bond acceptors (Lipinski definition) is 2. The Morgan fingerprint density at radius 3 is 2.12 bits per heavy atom. The van der Waals surface area contributed by atoms with Gasteiger partial charge in [0, 0.05) is 0 Å². The topological polar surface area (TPSA) is 18.5 Å². The van der Waals surface area contributed by atoms with E-state index >= 15 is 0 Å². The van der Waals surface area contributed by atoms with Gasteiger partial charge in [-0.3, -0.25) is 0 Å². The predicted octanol–water partition coefficient (Wildman–Crippen LogP) is 4.93. The zero-order valence-corrected chi connectivity index (χ0v) is 12.7. The van der Waals surface area contributed by atoms with Crippen molar-refractivity contribution in [1.82, 2.24) is 0 Å². The van der Waals surface area contributed by atoms with Crippen LogP contribution in [0.2, 0.25) is 0 Å². The van der Waals surface area contributed by atoms with Crippen LogP contribution in [0.5, 0.6) is 23.0 Å². The second-order valence-corrected chi connectivity index (χ2v) is 5.79. The van der Waals surface area contributed by atoms with Gasteiger partial charge in [0.25, 0.3) is 0 Å². The summed E-state index contributed by atoms with van der Waals surface area (Å²) in [4.78, 5) is 0. The number of benzene rings is 2. The molecule has 0 N–H and O–H groups in total. The van der Waals surface area contributed by atoms with Gasteiger partial charge in [0.05, 0.1) is 7.14 Å². The molecular formula is C12H5FI2O2. The minimum atomic E-state index is -0.379. The molecule has 2 aromatic rings. The van der Waals surface area contributed by atoms with E-state index < -0.39 is 0 Å². The van der Waals surface area contributed by atoms with Gasteiger partial charge in [0.2, 0.25) is 5.75 Å². The first-order valence-corrected chi connectivity index (χ1v) is 6.95. The fourth-order valence-electron chi connectivity index (χ4n) is 1.58. The molecule has 0 aliphatic carbocycles. The van der Waals surface area contributed by atoms with Crippen LogP contribution in [0.3, 0.4) is 0 Å². The Morgan fingerprint density at radius 1 is 0.882 bits per heavy atom. The summed E-state index contributed by atoms with van der Waals surface area (Å²) in [5.74, 6) is 1.38. The molecule has 0 saturated carbocycles. The third kappa shape index (κ3) is 1.88. The van der Waals surface area contributed by atoms with Crippen LogP contribution >= 0.6 is 45.2 Å². The fourth-order valence-corrected chi connectivity index (χ4v) is 3.40. The Labute approximate surface area is 124 Å². The summed E-state index contributed by atoms with van der Waals surface area (Å²) >= 11 is 4.05. The quantitative estimate of drug-likeness (QED) is 0.355. The van der Waals surface area contributed by atoms with Crippen LogP contribution in [0.15, 0.2) is 30.3 Å². The molecule has 5 heteroatoms. The maximum absolute atomic E-state index is 13.9. The molecule has 1 aliphatic heterocycles. The lowest BCUT2D eigenvalue weighted by molar-refractivity contribution is 0.339. The maximum atomic E-state index is 13.9. The summed E-state index contributed by atoms with van der Waals surface area (Å²) in [7, 11) is 0. The van der Waals surface area contributed by atoms with Gasteiger partial charge in [-0.25, -0.2) is 4.39 Å². The Hall–Kier alpha value is -0.570. The van der Waals surface area contributed by atoms with E-state index in [2.05, 4.69) is 22.6 Å². The van der Waals surface area contributed by atoms with E-state index in [1.165, 1.54) is 0 Å². The SMILES string of the molecule is Fc1c(I)cc(I)c2c1Oc1ccccc1O2. The zero-order valence-electron chi connectivity index (χ0n) is 8.34. The third-order valence-corrected chi connectivity index (χ3v) is 3.95. The van der Waals surface area contributed by atoms with Crippen LogP contribution in [0.1, 0.15) is 0 Å². The average molecular weight is 454 g/mol. The van der Waals surface area contributed by atoms with Gasteiger partial charge in [-0.05, 0) is 63.4 Å². The van der Waals surface area contributed by atoms with Crippen molar-refractivity contribution >= 4 is 45.2 Å². The number of ether oxygens (including phenoxy) is 2. The van der Waals surface area contributed by atoms with Gasteiger partial charge in [-0.15, -0.1) is 0 Å². The van der Waals surface area contributed by atoms with Crippen LogP contribution in [0.4, 0.5) is 4.39 Å². The van der Waals surface area contributed by atoms with Crippen LogP contribution in [0.25, 0.3) is 0 Å². The lowest BCUT2D eigenvalue weighted by Gasteiger charge is -2.22. The lowest BCUT2D eigenvalue weighted by atomic mass is 10.2. The van der Waals surface area contributed by atoms with E-state index in [9.17, 15) is 4.39 Å². The van der Waals surface area contributed by atoms with E-state index in [0.29, 0.717) is 20.8 Å². The molecule has 2 aromatic carbocycles. The summed E-state index contributed by atoms with van der Waals surface area (Å²) in [5, 5.41) is 0. The van der Waals surface area contributed by atoms with Crippen molar-refractivity contribution in [3.63, 3.8) is 0 Å². The van der Waals surface area contributed by atoms with Crippen molar-refractivity contribution < 1.29 is 13.9 Å². The number of rotatable bonds is 0. The number of para-hydroxylation sites is 2. The molecule has 0 amide bonds. The molecule has 0 saturated heterocycles. The minimum Gasteiger partial charge on any atom is -0.448 e. The van der Waals surface area contributed by atoms with Crippen molar-refractivity contribution in [1.29, 1.82) is 0 Å². The summed E-state index contributed by atoms with van der Waals surface area (Å²) in [5.41, 5.74) is 0. The highest BCUT2D eigenvalue weighted by atomic mass is 127. The Kier molecular flexibility index (Phi) is 2.89. The largest absolute Gasteiger partial charge is 0.448 e. The Balaban J connectivity index is 2.21. The van der Waals surface area contributed by atoms with E-state index in [1.807, 2.05) is 34.7 Å². The number of fused-ring (bicyclic) bond motifs is 2. The molecular weight excluding hydrogens is 449 g/mol. The zero-order chi connectivity index (χ0) is 12.0. The van der Waals surface area contributed by atoms with Gasteiger partial charge >= 0.3 is 0 Å². The smallest absolute Gasteiger partial charge is 0.207 e. The van der Waals surface area contributed by atoms with Crippen molar-refractivity contribution in [3.05, 3.63) is 43.3 Å². The van der Waals surface area contributed by atoms with E-state index in [4.69, 9.17) is 9.47 Å². The van der Waals surface area contributed by atoms with Gasteiger partial charge in [-0.1, -0.05) is 12.1 Å². The summed E-state index contributed by atoms with van der Waals surface area (Å²) < 4.78 is 26.5. The van der Waals surface area contributed by atoms with Crippen molar-refractivity contribution in [2.45, 2.75) is 0 Å². The molecule has 2 nitrogen and oxygen atoms in total. The summed E-state index contributed by atoms with van der Waals surface area (Å²) in [6.07, 6.45) is 0. The molecule has 0 fully saturated rings. The molecule has 0 unspecified atom stereocenters. The van der Waals surface area contributed by atoms with Crippen LogP contribution in [0, 0.1) is 13.0 Å². The van der Waals surface area contributed by atoms with Gasteiger partial charge in [0.15, 0.2) is 23.1 Å². The molecule has 3 rings (SSSR count). The van der Waals surface area contributed by atoms with E-state index in [1.54, 1.807) is 18.2 Å². The Morgan fingerprint density at radius 2 is 1.47 bits per heavy atom. The molecule has 0 spiro atoms. The van der Waals surface area contributed by atoms with Crippen molar-refractivity contribution in [2.24, 2.45) is 0 Å². The highest BCUT2D eigenvalue weighted by Gasteiger charge is 2.26. The predicted molar refractivity (Wildman–Crippen MR) is 78.4 cm³/mol. The third-order valence-electron chi connectivity index (χ3n) is 2.36. The molecule has 1 heterocycles. The monoisotopic (exact) mass is 454 g/mol. The fraction of sp³-hybridized carbons (Fsp3) is 0. The second kappa shape index (κ2) is 4.27. The first-order chi connectivity index (χ1) is 8.16. The van der Waals surface area contributed by atoms with Crippen LogP contribution in [-0.4, -0.2) is 0 Å². The van der Waals surface area contributed by atoms with E-state index in [-0.39, 0.29) is 11.6 Å². The van der Waals surface area contributed by atoms with Gasteiger partial charge < -0.3 is 9.47 Å². The normalized spacial score (nSPS) is 12.2. The molecule has 0 bridgehead atoms. The first-order valence-electron chi connectivity index (χ1n) is 4.79. The van der Waals surface area contributed by atoms with Crippen LogP contribution in [-0.2, 0) is 0 Å². The molecule has 86 valence electrons. The van der Waals surface area contributed by atoms with Crippen molar-refractivity contribution in [2.75, 3.05) is 0 Å². The molecule has 0 aromatic heterocycles. The van der Waals surface area contributed by atoms with Crippen molar-refractivity contribution in [3.8, 4) is 23.0 Å². The summed E-state index contributed by atoms with van der Waals surface area (Å²) in [6.45, 7) is 0. The van der Waals surface area contributed by atoms with E-state index in [0.717, 1.165) is 3.57 Å².